The smallest absolute Gasteiger partial charge is 0.231 e. The number of terminal acetylenes is 1. The summed E-state index contributed by atoms with van der Waals surface area (Å²) in [6.07, 6.45) is 7.45. The van der Waals surface area contributed by atoms with Gasteiger partial charge in [0, 0.05) is 25.0 Å². The molecule has 1 saturated heterocycles. The van der Waals surface area contributed by atoms with Crippen LogP contribution in [0.4, 0.5) is 0 Å². The lowest BCUT2D eigenvalue weighted by Gasteiger charge is -2.45. The largest absolute Gasteiger partial charge is 0.454 e. The first-order valence-electron chi connectivity index (χ1n) is 8.36. The zero-order valence-corrected chi connectivity index (χ0v) is 13.3. The summed E-state index contributed by atoms with van der Waals surface area (Å²) < 4.78 is 16.8. The van der Waals surface area contributed by atoms with Crippen molar-refractivity contribution >= 4 is 0 Å². The molecule has 0 amide bonds. The van der Waals surface area contributed by atoms with Crippen LogP contribution < -0.4 is 9.47 Å². The van der Waals surface area contributed by atoms with Gasteiger partial charge in [0.15, 0.2) is 11.5 Å². The van der Waals surface area contributed by atoms with Crippen LogP contribution in [0.2, 0.25) is 0 Å². The molecule has 0 unspecified atom stereocenters. The molecule has 1 N–H and O–H groups in total. The summed E-state index contributed by atoms with van der Waals surface area (Å²) in [7, 11) is 0. The maximum atomic E-state index is 11.0. The molecule has 4 aliphatic rings. The number of rotatable bonds is 2. The molecular formula is C19H19NO4. The molecule has 0 saturated carbocycles. The standard InChI is InChI=1S/C19H19NO4/c1-2-5-22-16-6-11-3-4-20-9-12-7-14-15(24-10-23-14)8-13(12)17(18(11)20)19(16)21/h1,6-8,16-19,21H,3-5,9-10H2/t16-,17-,18+,19+/m0/s1. The predicted molar refractivity (Wildman–Crippen MR) is 86.8 cm³/mol. The van der Waals surface area contributed by atoms with Gasteiger partial charge in [0.1, 0.15) is 12.7 Å². The first kappa shape index (κ1) is 14.4. The van der Waals surface area contributed by atoms with E-state index in [2.05, 4.69) is 23.0 Å². The summed E-state index contributed by atoms with van der Waals surface area (Å²) >= 11 is 0. The van der Waals surface area contributed by atoms with E-state index in [0.29, 0.717) is 0 Å². The highest BCUT2D eigenvalue weighted by atomic mass is 16.7. The summed E-state index contributed by atoms with van der Waals surface area (Å²) in [5, 5.41) is 11.0. The van der Waals surface area contributed by atoms with Gasteiger partial charge >= 0.3 is 0 Å². The molecule has 4 atom stereocenters. The average molecular weight is 325 g/mol. The monoisotopic (exact) mass is 325 g/mol. The van der Waals surface area contributed by atoms with E-state index in [1.165, 1.54) is 11.1 Å². The zero-order chi connectivity index (χ0) is 16.3. The van der Waals surface area contributed by atoms with Crippen molar-refractivity contribution in [2.45, 2.75) is 37.1 Å². The van der Waals surface area contributed by atoms with E-state index in [1.807, 2.05) is 6.07 Å². The number of benzene rings is 1. The van der Waals surface area contributed by atoms with Crippen LogP contribution in [0, 0.1) is 12.3 Å². The van der Waals surface area contributed by atoms with Crippen molar-refractivity contribution in [1.82, 2.24) is 4.90 Å². The molecule has 24 heavy (non-hydrogen) atoms. The lowest BCUT2D eigenvalue weighted by molar-refractivity contribution is -0.0325. The Kier molecular flexibility index (Phi) is 3.14. The van der Waals surface area contributed by atoms with Crippen molar-refractivity contribution in [2.24, 2.45) is 0 Å². The van der Waals surface area contributed by atoms with Crippen LogP contribution in [0.1, 0.15) is 23.5 Å². The second-order valence-corrected chi connectivity index (χ2v) is 6.81. The fourth-order valence-corrected chi connectivity index (χ4v) is 4.62. The fraction of sp³-hybridized carbons (Fsp3) is 0.474. The Hall–Kier alpha value is -2.00. The number of aliphatic hydroxyl groups excluding tert-OH is 1. The first-order valence-corrected chi connectivity index (χ1v) is 8.36. The van der Waals surface area contributed by atoms with Crippen molar-refractivity contribution in [3.63, 3.8) is 0 Å². The number of nitrogens with zero attached hydrogens (tertiary/aromatic N) is 1. The van der Waals surface area contributed by atoms with Gasteiger partial charge in [-0.2, -0.15) is 0 Å². The topological polar surface area (TPSA) is 51.2 Å². The van der Waals surface area contributed by atoms with Crippen LogP contribution in [0.15, 0.2) is 23.8 Å². The van der Waals surface area contributed by atoms with Crippen LogP contribution in [-0.4, -0.2) is 48.2 Å². The minimum absolute atomic E-state index is 0.0199. The van der Waals surface area contributed by atoms with Crippen molar-refractivity contribution in [1.29, 1.82) is 0 Å². The SMILES string of the molecule is C#CCO[C@H]1C=C2CCN3Cc4cc5c(cc4[C@H]([C@@H]1O)[C@@H]23)OCO5. The Balaban J connectivity index is 1.60. The van der Waals surface area contributed by atoms with Crippen molar-refractivity contribution < 1.29 is 19.3 Å². The van der Waals surface area contributed by atoms with Gasteiger partial charge in [0.2, 0.25) is 6.79 Å². The van der Waals surface area contributed by atoms with Gasteiger partial charge in [-0.25, -0.2) is 0 Å². The lowest BCUT2D eigenvalue weighted by Crippen LogP contribution is -2.50. The van der Waals surface area contributed by atoms with Crippen LogP contribution in [0.25, 0.3) is 0 Å². The molecule has 1 aliphatic carbocycles. The zero-order valence-electron chi connectivity index (χ0n) is 13.3. The molecule has 5 heteroatoms. The number of fused-ring (bicyclic) bond motifs is 3. The highest BCUT2D eigenvalue weighted by Crippen LogP contribution is 2.49. The number of hydrogen-bond donors (Lipinski definition) is 1. The highest BCUT2D eigenvalue weighted by Gasteiger charge is 2.49. The molecular weight excluding hydrogens is 306 g/mol. The van der Waals surface area contributed by atoms with Gasteiger partial charge in [-0.05, 0) is 29.7 Å². The normalized spacial score (nSPS) is 32.8. The minimum Gasteiger partial charge on any atom is -0.454 e. The van der Waals surface area contributed by atoms with Crippen LogP contribution in [0.5, 0.6) is 11.5 Å². The van der Waals surface area contributed by atoms with Crippen molar-refractivity contribution in [3.05, 3.63) is 34.9 Å². The van der Waals surface area contributed by atoms with Crippen molar-refractivity contribution in [2.75, 3.05) is 19.9 Å². The summed E-state index contributed by atoms with van der Waals surface area (Å²) in [6, 6.07) is 4.36. The van der Waals surface area contributed by atoms with Gasteiger partial charge in [0.25, 0.3) is 0 Å². The number of ether oxygens (including phenoxy) is 3. The van der Waals surface area contributed by atoms with Crippen molar-refractivity contribution in [3.8, 4) is 23.8 Å². The predicted octanol–water partition coefficient (Wildman–Crippen LogP) is 1.41. The van der Waals surface area contributed by atoms with Gasteiger partial charge in [-0.15, -0.1) is 6.42 Å². The Morgan fingerprint density at radius 2 is 2.17 bits per heavy atom. The molecule has 0 radical (unpaired) electrons. The summed E-state index contributed by atoms with van der Waals surface area (Å²) in [4.78, 5) is 2.45. The number of aliphatic hydroxyl groups is 1. The van der Waals surface area contributed by atoms with E-state index in [9.17, 15) is 5.11 Å². The number of hydrogen-bond acceptors (Lipinski definition) is 5. The second kappa shape index (κ2) is 5.25. The summed E-state index contributed by atoms with van der Waals surface area (Å²) in [5.41, 5.74) is 3.71. The fourth-order valence-electron chi connectivity index (χ4n) is 4.62. The molecule has 124 valence electrons. The molecule has 5 nitrogen and oxygen atoms in total. The Morgan fingerprint density at radius 1 is 1.33 bits per heavy atom. The molecule has 1 aromatic rings. The van der Waals surface area contributed by atoms with Gasteiger partial charge in [-0.3, -0.25) is 4.90 Å². The Bertz CT molecular complexity index is 765. The Morgan fingerprint density at radius 3 is 3.00 bits per heavy atom. The third-order valence-corrected chi connectivity index (χ3v) is 5.61. The van der Waals surface area contributed by atoms with Crippen LogP contribution in [-0.2, 0) is 11.3 Å². The summed E-state index contributed by atoms with van der Waals surface area (Å²) in [5.74, 6) is 4.04. The quantitative estimate of drug-likeness (QED) is 0.658. The molecule has 0 aromatic heterocycles. The van der Waals surface area contributed by atoms with E-state index in [4.69, 9.17) is 20.6 Å². The van der Waals surface area contributed by atoms with Gasteiger partial charge < -0.3 is 19.3 Å². The third-order valence-electron chi connectivity index (χ3n) is 5.61. The molecule has 3 aliphatic heterocycles. The average Bonchev–Trinajstić information content (AvgIpc) is 3.20. The Labute approximate surface area is 140 Å². The van der Waals surface area contributed by atoms with E-state index in [-0.39, 0.29) is 31.5 Å². The van der Waals surface area contributed by atoms with Crippen LogP contribution >= 0.6 is 0 Å². The second-order valence-electron chi connectivity index (χ2n) is 6.81. The summed E-state index contributed by atoms with van der Waals surface area (Å²) in [6.45, 7) is 2.36. The maximum Gasteiger partial charge on any atom is 0.231 e. The molecule has 0 spiro atoms. The third kappa shape index (κ3) is 1.94. The molecule has 3 heterocycles. The molecule has 1 fully saturated rings. The molecule has 0 bridgehead atoms. The van der Waals surface area contributed by atoms with E-state index < -0.39 is 6.10 Å². The minimum atomic E-state index is -0.618. The highest BCUT2D eigenvalue weighted by molar-refractivity contribution is 5.53. The lowest BCUT2D eigenvalue weighted by atomic mass is 9.73. The van der Waals surface area contributed by atoms with E-state index in [0.717, 1.165) is 36.6 Å². The first-order chi connectivity index (χ1) is 11.8. The van der Waals surface area contributed by atoms with Crippen LogP contribution in [0.3, 0.4) is 0 Å². The molecule has 5 rings (SSSR count). The van der Waals surface area contributed by atoms with Gasteiger partial charge in [0.05, 0.1) is 6.10 Å². The van der Waals surface area contributed by atoms with E-state index in [1.54, 1.807) is 0 Å². The molecule has 1 aromatic carbocycles. The van der Waals surface area contributed by atoms with Gasteiger partial charge in [-0.1, -0.05) is 17.6 Å². The maximum absolute atomic E-state index is 11.0. The van der Waals surface area contributed by atoms with E-state index >= 15 is 0 Å².